The number of nitrogens with zero attached hydrogens (tertiary/aromatic N) is 2. The molecule has 2 N–H and O–H groups in total. The molecular weight excluding hydrogens is 270 g/mol. The third-order valence-corrected chi connectivity index (χ3v) is 6.15. The summed E-state index contributed by atoms with van der Waals surface area (Å²) in [5.41, 5.74) is 5.56. The minimum absolute atomic E-state index is 0.0494. The first-order valence-corrected chi connectivity index (χ1v) is 8.16. The van der Waals surface area contributed by atoms with Crippen molar-refractivity contribution >= 4 is 27.2 Å². The van der Waals surface area contributed by atoms with E-state index >= 15 is 0 Å². The average Bonchev–Trinajstić information content (AvgIpc) is 2.65. The quantitative estimate of drug-likeness (QED) is 0.718. The second-order valence-electron chi connectivity index (χ2n) is 5.01. The molecule has 0 aliphatic carbocycles. The van der Waals surface area contributed by atoms with Gasteiger partial charge in [0.2, 0.25) is 10.0 Å². The zero-order valence-electron chi connectivity index (χ0n) is 11.3. The largest absolute Gasteiger partial charge is 0.392 e. The Morgan fingerprint density at radius 2 is 2.17 bits per heavy atom. The Balaban J connectivity index is 2.92. The SMILES string of the molecule is CCC(C(N)=S)S(=O)(=O)N1CCCC1CN(C)C. The predicted octanol–water partition coefficient (Wildman–Crippen LogP) is 0.407. The van der Waals surface area contributed by atoms with Gasteiger partial charge in [-0.25, -0.2) is 8.42 Å². The van der Waals surface area contributed by atoms with Gasteiger partial charge < -0.3 is 10.6 Å². The molecule has 1 fully saturated rings. The van der Waals surface area contributed by atoms with Crippen LogP contribution in [0, 0.1) is 0 Å². The van der Waals surface area contributed by atoms with Crippen LogP contribution < -0.4 is 5.73 Å². The summed E-state index contributed by atoms with van der Waals surface area (Å²) in [6.45, 7) is 3.13. The highest BCUT2D eigenvalue weighted by Gasteiger charge is 2.39. The summed E-state index contributed by atoms with van der Waals surface area (Å²) >= 11 is 4.89. The predicted molar refractivity (Wildman–Crippen MR) is 78.1 cm³/mol. The van der Waals surface area contributed by atoms with E-state index in [2.05, 4.69) is 0 Å². The molecule has 1 heterocycles. The second-order valence-corrected chi connectivity index (χ2v) is 7.55. The molecule has 0 spiro atoms. The van der Waals surface area contributed by atoms with Crippen LogP contribution in [0.25, 0.3) is 0 Å². The molecule has 0 radical (unpaired) electrons. The van der Waals surface area contributed by atoms with Crippen molar-refractivity contribution in [1.82, 2.24) is 9.21 Å². The lowest BCUT2D eigenvalue weighted by atomic mass is 10.2. The molecule has 7 heteroatoms. The van der Waals surface area contributed by atoms with Crippen molar-refractivity contribution in [3.05, 3.63) is 0 Å². The van der Waals surface area contributed by atoms with Crippen LogP contribution in [0.15, 0.2) is 0 Å². The van der Waals surface area contributed by atoms with Crippen molar-refractivity contribution in [3.8, 4) is 0 Å². The molecule has 18 heavy (non-hydrogen) atoms. The van der Waals surface area contributed by atoms with Crippen molar-refractivity contribution in [1.29, 1.82) is 0 Å². The maximum absolute atomic E-state index is 12.5. The molecule has 0 amide bonds. The van der Waals surface area contributed by atoms with Crippen LogP contribution >= 0.6 is 12.2 Å². The summed E-state index contributed by atoms with van der Waals surface area (Å²) in [6.07, 6.45) is 2.25. The first-order valence-electron chi connectivity index (χ1n) is 6.25. The van der Waals surface area contributed by atoms with Gasteiger partial charge in [0, 0.05) is 19.1 Å². The van der Waals surface area contributed by atoms with Crippen molar-refractivity contribution in [2.24, 2.45) is 5.73 Å². The van der Waals surface area contributed by atoms with Crippen molar-refractivity contribution in [2.45, 2.75) is 37.5 Å². The van der Waals surface area contributed by atoms with Crippen LogP contribution in [0.2, 0.25) is 0 Å². The number of sulfonamides is 1. The first kappa shape index (κ1) is 15.8. The van der Waals surface area contributed by atoms with E-state index in [0.717, 1.165) is 19.4 Å². The Morgan fingerprint density at radius 3 is 2.61 bits per heavy atom. The molecule has 1 rings (SSSR count). The van der Waals surface area contributed by atoms with Crippen LogP contribution in [-0.2, 0) is 10.0 Å². The highest BCUT2D eigenvalue weighted by molar-refractivity contribution is 7.92. The highest BCUT2D eigenvalue weighted by atomic mass is 32.2. The van der Waals surface area contributed by atoms with E-state index in [1.165, 1.54) is 0 Å². The molecule has 1 saturated heterocycles. The van der Waals surface area contributed by atoms with Gasteiger partial charge in [-0.2, -0.15) is 4.31 Å². The minimum atomic E-state index is -3.40. The Bertz CT molecular complexity index is 395. The van der Waals surface area contributed by atoms with Gasteiger partial charge in [0.05, 0.1) is 4.99 Å². The molecular formula is C11H23N3O2S2. The zero-order valence-corrected chi connectivity index (χ0v) is 12.9. The van der Waals surface area contributed by atoms with Crippen molar-refractivity contribution < 1.29 is 8.42 Å². The summed E-state index contributed by atoms with van der Waals surface area (Å²) in [4.78, 5) is 2.09. The maximum Gasteiger partial charge on any atom is 0.223 e. The Morgan fingerprint density at radius 1 is 1.56 bits per heavy atom. The molecule has 1 aliphatic heterocycles. The van der Waals surface area contributed by atoms with E-state index in [1.807, 2.05) is 19.0 Å². The summed E-state index contributed by atoms with van der Waals surface area (Å²) < 4.78 is 26.7. The molecule has 5 nitrogen and oxygen atoms in total. The van der Waals surface area contributed by atoms with E-state index in [1.54, 1.807) is 11.2 Å². The molecule has 0 aromatic rings. The van der Waals surface area contributed by atoms with Crippen LogP contribution in [0.3, 0.4) is 0 Å². The summed E-state index contributed by atoms with van der Waals surface area (Å²) in [5, 5.41) is -0.727. The van der Waals surface area contributed by atoms with E-state index in [4.69, 9.17) is 18.0 Å². The lowest BCUT2D eigenvalue weighted by Crippen LogP contribution is -2.48. The summed E-state index contributed by atoms with van der Waals surface area (Å²) in [7, 11) is 0.500. The van der Waals surface area contributed by atoms with E-state index in [-0.39, 0.29) is 11.0 Å². The second kappa shape index (κ2) is 6.27. The average molecular weight is 293 g/mol. The van der Waals surface area contributed by atoms with E-state index in [9.17, 15) is 8.42 Å². The fourth-order valence-electron chi connectivity index (χ4n) is 2.47. The third-order valence-electron chi connectivity index (χ3n) is 3.27. The lowest BCUT2D eigenvalue weighted by Gasteiger charge is -2.29. The van der Waals surface area contributed by atoms with Crippen LogP contribution in [-0.4, -0.2) is 61.1 Å². The Hall–Kier alpha value is -0.240. The molecule has 1 aliphatic rings. The molecule has 0 saturated carbocycles. The lowest BCUT2D eigenvalue weighted by molar-refractivity contribution is 0.290. The van der Waals surface area contributed by atoms with Crippen LogP contribution in [0.5, 0.6) is 0 Å². The number of hydrogen-bond donors (Lipinski definition) is 1. The van der Waals surface area contributed by atoms with Gasteiger partial charge in [0.1, 0.15) is 5.25 Å². The summed E-state index contributed by atoms with van der Waals surface area (Å²) in [5.74, 6) is 0. The Labute approximate surface area is 115 Å². The fraction of sp³-hybridized carbons (Fsp3) is 0.909. The molecule has 2 unspecified atom stereocenters. The fourth-order valence-corrected chi connectivity index (χ4v) is 5.01. The molecule has 0 aromatic carbocycles. The smallest absolute Gasteiger partial charge is 0.223 e. The van der Waals surface area contributed by atoms with Gasteiger partial charge in [-0.05, 0) is 33.4 Å². The van der Waals surface area contributed by atoms with Crippen molar-refractivity contribution in [2.75, 3.05) is 27.2 Å². The number of rotatable bonds is 6. The Kier molecular flexibility index (Phi) is 5.51. The van der Waals surface area contributed by atoms with Gasteiger partial charge in [0.15, 0.2) is 0 Å². The topological polar surface area (TPSA) is 66.6 Å². The number of hydrogen-bond acceptors (Lipinski definition) is 4. The number of likely N-dealkylation sites (N-methyl/N-ethyl adjacent to an activating group) is 1. The highest BCUT2D eigenvalue weighted by Crippen LogP contribution is 2.25. The molecule has 0 bridgehead atoms. The molecule has 0 aromatic heterocycles. The van der Waals surface area contributed by atoms with Crippen molar-refractivity contribution in [3.63, 3.8) is 0 Å². The maximum atomic E-state index is 12.5. The summed E-state index contributed by atoms with van der Waals surface area (Å²) in [6, 6.07) is 0.0494. The van der Waals surface area contributed by atoms with E-state index < -0.39 is 15.3 Å². The normalized spacial score (nSPS) is 23.4. The van der Waals surface area contributed by atoms with Crippen LogP contribution in [0.4, 0.5) is 0 Å². The monoisotopic (exact) mass is 293 g/mol. The number of thiocarbonyl (C=S) groups is 1. The number of nitrogens with two attached hydrogens (primary N) is 1. The minimum Gasteiger partial charge on any atom is -0.392 e. The van der Waals surface area contributed by atoms with Gasteiger partial charge >= 0.3 is 0 Å². The van der Waals surface area contributed by atoms with Crippen LogP contribution in [0.1, 0.15) is 26.2 Å². The van der Waals surface area contributed by atoms with E-state index in [0.29, 0.717) is 13.0 Å². The van der Waals surface area contributed by atoms with Gasteiger partial charge in [-0.1, -0.05) is 19.1 Å². The zero-order chi connectivity index (χ0) is 13.9. The van der Waals surface area contributed by atoms with Gasteiger partial charge in [-0.3, -0.25) is 0 Å². The molecule has 106 valence electrons. The standard InChI is InChI=1S/C11H23N3O2S2/c1-4-10(11(12)17)18(15,16)14-7-5-6-9(14)8-13(2)3/h9-10H,4-8H2,1-3H3,(H2,12,17). The van der Waals surface area contributed by atoms with Gasteiger partial charge in [-0.15, -0.1) is 0 Å². The first-order chi connectivity index (χ1) is 8.30. The third kappa shape index (κ3) is 3.40. The molecule has 2 atom stereocenters. The van der Waals surface area contributed by atoms with Gasteiger partial charge in [0.25, 0.3) is 0 Å².